The lowest BCUT2D eigenvalue weighted by Crippen LogP contribution is -2.32. The summed E-state index contributed by atoms with van der Waals surface area (Å²) in [4.78, 5) is 24.3. The number of hydrogen-bond donors (Lipinski definition) is 3. The van der Waals surface area contributed by atoms with Crippen LogP contribution in [0, 0.1) is 5.92 Å². The number of carbonyl (C=O) groups excluding carboxylic acids is 2. The molecule has 1 aromatic heterocycles. The van der Waals surface area contributed by atoms with E-state index in [9.17, 15) is 14.7 Å². The molecular weight excluding hydrogens is 356 g/mol. The molecule has 7 nitrogen and oxygen atoms in total. The maximum absolute atomic E-state index is 12.5. The average molecular weight is 382 g/mol. The fourth-order valence-electron chi connectivity index (χ4n) is 3.03. The van der Waals surface area contributed by atoms with Gasteiger partial charge in [-0.2, -0.15) is 9.78 Å². The van der Waals surface area contributed by atoms with E-state index in [0.717, 1.165) is 25.0 Å². The number of aromatic nitrogens is 2. The van der Waals surface area contributed by atoms with Gasteiger partial charge < -0.3 is 15.7 Å². The van der Waals surface area contributed by atoms with Crippen LogP contribution in [0.25, 0.3) is 11.3 Å². The van der Waals surface area contributed by atoms with Gasteiger partial charge in [-0.05, 0) is 31.0 Å². The number of anilines is 1. The molecule has 0 atom stereocenters. The van der Waals surface area contributed by atoms with Gasteiger partial charge in [0.05, 0.1) is 11.4 Å². The van der Waals surface area contributed by atoms with Gasteiger partial charge in [0.1, 0.15) is 5.75 Å². The standard InChI is InChI=1S/C21H26N4O3/c1-4-10-22-21(28)25-18(14-6-5-7-14)12-17(24-25)16-9-8-15(11-19(16)26)23-20(27)13(2)3/h4,8-9,11-14,26H,1,5-7,10H2,2-3H3,(H,22,28)(H,23,27). The summed E-state index contributed by atoms with van der Waals surface area (Å²) in [6.07, 6.45) is 4.79. The minimum absolute atomic E-state index is 0.00198. The molecule has 3 N–H and O–H groups in total. The van der Waals surface area contributed by atoms with Gasteiger partial charge in [-0.25, -0.2) is 4.79 Å². The molecule has 1 fully saturated rings. The van der Waals surface area contributed by atoms with Crippen LogP contribution in [0.5, 0.6) is 5.75 Å². The molecule has 1 aliphatic carbocycles. The second-order valence-electron chi connectivity index (χ2n) is 7.34. The molecule has 1 saturated carbocycles. The molecular formula is C21H26N4O3. The molecule has 1 aliphatic rings. The van der Waals surface area contributed by atoms with E-state index in [0.29, 0.717) is 29.4 Å². The number of aromatic hydroxyl groups is 1. The lowest BCUT2D eigenvalue weighted by molar-refractivity contribution is -0.118. The first-order valence-electron chi connectivity index (χ1n) is 9.54. The van der Waals surface area contributed by atoms with Gasteiger partial charge in [-0.1, -0.05) is 26.3 Å². The third-order valence-electron chi connectivity index (χ3n) is 4.92. The third-order valence-corrected chi connectivity index (χ3v) is 4.92. The second kappa shape index (κ2) is 8.29. The number of phenols is 1. The summed E-state index contributed by atoms with van der Waals surface area (Å²) in [5.74, 6) is 0.0135. The topological polar surface area (TPSA) is 96.3 Å². The van der Waals surface area contributed by atoms with E-state index in [4.69, 9.17) is 0 Å². The summed E-state index contributed by atoms with van der Waals surface area (Å²) in [6.45, 7) is 7.56. The van der Waals surface area contributed by atoms with Crippen molar-refractivity contribution in [3.8, 4) is 17.0 Å². The highest BCUT2D eigenvalue weighted by molar-refractivity contribution is 5.92. The first kappa shape index (κ1) is 19.7. The van der Waals surface area contributed by atoms with E-state index in [2.05, 4.69) is 22.3 Å². The molecule has 0 unspecified atom stereocenters. The van der Waals surface area contributed by atoms with E-state index < -0.39 is 0 Å². The van der Waals surface area contributed by atoms with Gasteiger partial charge in [0.25, 0.3) is 0 Å². The van der Waals surface area contributed by atoms with Crippen molar-refractivity contribution >= 4 is 17.6 Å². The van der Waals surface area contributed by atoms with Crippen LogP contribution in [0.2, 0.25) is 0 Å². The van der Waals surface area contributed by atoms with Gasteiger partial charge >= 0.3 is 6.03 Å². The number of hydrogen-bond acceptors (Lipinski definition) is 4. The van der Waals surface area contributed by atoms with Gasteiger partial charge in [0.2, 0.25) is 5.91 Å². The smallest absolute Gasteiger partial charge is 0.342 e. The van der Waals surface area contributed by atoms with Crippen molar-refractivity contribution in [1.82, 2.24) is 15.1 Å². The lowest BCUT2D eigenvalue weighted by atomic mass is 9.82. The highest BCUT2D eigenvalue weighted by Crippen LogP contribution is 2.39. The predicted octanol–water partition coefficient (Wildman–Crippen LogP) is 3.86. The van der Waals surface area contributed by atoms with Crippen molar-refractivity contribution in [2.45, 2.75) is 39.0 Å². The molecule has 3 rings (SSSR count). The van der Waals surface area contributed by atoms with Gasteiger partial charge in [0.15, 0.2) is 0 Å². The van der Waals surface area contributed by atoms with Gasteiger partial charge in [-0.3, -0.25) is 4.79 Å². The largest absolute Gasteiger partial charge is 0.507 e. The SMILES string of the molecule is C=CCNC(=O)n1nc(-c2ccc(NC(=O)C(C)C)cc2O)cc1C1CCC1. The highest BCUT2D eigenvalue weighted by Gasteiger charge is 2.27. The van der Waals surface area contributed by atoms with Crippen LogP contribution in [-0.4, -0.2) is 33.4 Å². The zero-order valence-electron chi connectivity index (χ0n) is 16.2. The fourth-order valence-corrected chi connectivity index (χ4v) is 3.03. The third kappa shape index (κ3) is 4.08. The Morgan fingerprint density at radius 1 is 1.36 bits per heavy atom. The molecule has 1 heterocycles. The minimum atomic E-state index is -0.312. The fraction of sp³-hybridized carbons (Fsp3) is 0.381. The predicted molar refractivity (Wildman–Crippen MR) is 108 cm³/mol. The van der Waals surface area contributed by atoms with Crippen LogP contribution in [0.1, 0.15) is 44.7 Å². The Hall–Kier alpha value is -3.09. The molecule has 7 heteroatoms. The Morgan fingerprint density at radius 2 is 2.11 bits per heavy atom. The maximum Gasteiger partial charge on any atom is 0.342 e. The highest BCUT2D eigenvalue weighted by atomic mass is 16.3. The number of rotatable bonds is 6. The van der Waals surface area contributed by atoms with E-state index in [1.54, 1.807) is 32.1 Å². The summed E-state index contributed by atoms with van der Waals surface area (Å²) < 4.78 is 1.39. The number of amides is 2. The Bertz CT molecular complexity index is 897. The first-order chi connectivity index (χ1) is 13.4. The van der Waals surface area contributed by atoms with Gasteiger partial charge in [0, 0.05) is 35.7 Å². The van der Waals surface area contributed by atoms with Crippen molar-refractivity contribution in [3.05, 3.63) is 42.6 Å². The quantitative estimate of drug-likeness (QED) is 0.661. The summed E-state index contributed by atoms with van der Waals surface area (Å²) in [5, 5.41) is 20.4. The molecule has 1 aromatic carbocycles. The monoisotopic (exact) mass is 382 g/mol. The van der Waals surface area contributed by atoms with Crippen molar-refractivity contribution in [1.29, 1.82) is 0 Å². The second-order valence-corrected chi connectivity index (χ2v) is 7.34. The average Bonchev–Trinajstić information content (AvgIpc) is 3.02. The van der Waals surface area contributed by atoms with Crippen LogP contribution in [0.3, 0.4) is 0 Å². The van der Waals surface area contributed by atoms with E-state index >= 15 is 0 Å². The number of benzene rings is 1. The zero-order chi connectivity index (χ0) is 20.3. The molecule has 2 amide bonds. The number of carbonyl (C=O) groups is 2. The van der Waals surface area contributed by atoms with Crippen molar-refractivity contribution in [2.24, 2.45) is 5.92 Å². The molecule has 28 heavy (non-hydrogen) atoms. The Labute approximate surface area is 164 Å². The normalized spacial score (nSPS) is 13.8. The molecule has 2 aromatic rings. The van der Waals surface area contributed by atoms with Gasteiger partial charge in [-0.15, -0.1) is 6.58 Å². The van der Waals surface area contributed by atoms with Crippen LogP contribution in [0.4, 0.5) is 10.5 Å². The van der Waals surface area contributed by atoms with Crippen LogP contribution < -0.4 is 10.6 Å². The molecule has 0 spiro atoms. The molecule has 0 radical (unpaired) electrons. The van der Waals surface area contributed by atoms with E-state index in [1.807, 2.05) is 6.07 Å². The summed E-state index contributed by atoms with van der Waals surface area (Å²) in [7, 11) is 0. The van der Waals surface area contributed by atoms with Crippen LogP contribution in [-0.2, 0) is 4.79 Å². The number of nitrogens with one attached hydrogen (secondary N) is 2. The van der Waals surface area contributed by atoms with E-state index in [1.165, 1.54) is 10.7 Å². The van der Waals surface area contributed by atoms with Crippen molar-refractivity contribution < 1.29 is 14.7 Å². The molecule has 0 saturated heterocycles. The Balaban J connectivity index is 1.90. The van der Waals surface area contributed by atoms with Crippen LogP contribution >= 0.6 is 0 Å². The maximum atomic E-state index is 12.5. The number of phenolic OH excluding ortho intramolecular Hbond substituents is 1. The van der Waals surface area contributed by atoms with Crippen molar-refractivity contribution in [3.63, 3.8) is 0 Å². The summed E-state index contributed by atoms with van der Waals surface area (Å²) in [6, 6.07) is 6.46. The summed E-state index contributed by atoms with van der Waals surface area (Å²) in [5.41, 5.74) is 2.40. The Morgan fingerprint density at radius 3 is 2.68 bits per heavy atom. The zero-order valence-corrected chi connectivity index (χ0v) is 16.2. The molecule has 148 valence electrons. The van der Waals surface area contributed by atoms with Crippen LogP contribution in [0.15, 0.2) is 36.9 Å². The Kier molecular flexibility index (Phi) is 5.82. The molecule has 0 aliphatic heterocycles. The number of nitrogens with zero attached hydrogens (tertiary/aromatic N) is 2. The lowest BCUT2D eigenvalue weighted by Gasteiger charge is -2.25. The first-order valence-corrected chi connectivity index (χ1v) is 9.54. The summed E-state index contributed by atoms with van der Waals surface area (Å²) >= 11 is 0. The molecule has 0 bridgehead atoms. The minimum Gasteiger partial charge on any atom is -0.507 e. The van der Waals surface area contributed by atoms with E-state index in [-0.39, 0.29) is 23.6 Å². The van der Waals surface area contributed by atoms with Crippen molar-refractivity contribution in [2.75, 3.05) is 11.9 Å².